The summed E-state index contributed by atoms with van der Waals surface area (Å²) in [5.41, 5.74) is 4.15. The Morgan fingerprint density at radius 2 is 2.00 bits per heavy atom. The molecule has 23 heavy (non-hydrogen) atoms. The van der Waals surface area contributed by atoms with Crippen molar-refractivity contribution in [2.24, 2.45) is 0 Å². The van der Waals surface area contributed by atoms with E-state index in [-0.39, 0.29) is 0 Å². The van der Waals surface area contributed by atoms with Crippen molar-refractivity contribution < 1.29 is 0 Å². The van der Waals surface area contributed by atoms with E-state index in [9.17, 15) is 0 Å². The molecule has 0 N–H and O–H groups in total. The van der Waals surface area contributed by atoms with Crippen molar-refractivity contribution in [3.63, 3.8) is 0 Å². The number of fused-ring (bicyclic) bond motifs is 5. The molecule has 0 saturated carbocycles. The molecule has 2 aromatic carbocycles. The first-order chi connectivity index (χ1) is 11.2. The maximum Gasteiger partial charge on any atom is 0.0695 e. The first kappa shape index (κ1) is 13.8. The maximum absolute atomic E-state index is 6.29. The summed E-state index contributed by atoms with van der Waals surface area (Å²) in [6.07, 6.45) is 1.23. The molecule has 4 heteroatoms. The fourth-order valence-corrected chi connectivity index (χ4v) is 5.33. The number of likely N-dealkylation sites (N-methyl/N-ethyl adjacent to an activating group) is 1. The van der Waals surface area contributed by atoms with Crippen molar-refractivity contribution in [2.45, 2.75) is 12.3 Å². The highest BCUT2D eigenvalue weighted by Gasteiger charge is 2.28. The lowest BCUT2D eigenvalue weighted by atomic mass is 9.95. The molecule has 3 heterocycles. The van der Waals surface area contributed by atoms with Crippen LogP contribution >= 0.6 is 23.1 Å². The molecule has 1 fully saturated rings. The summed E-state index contributed by atoms with van der Waals surface area (Å²) in [4.78, 5) is 2.43. The van der Waals surface area contributed by atoms with Crippen LogP contribution < -0.4 is 0 Å². The summed E-state index contributed by atoms with van der Waals surface area (Å²) >= 11 is 8.12. The van der Waals surface area contributed by atoms with E-state index >= 15 is 0 Å². The SMILES string of the molecule is CN1CC[C@@H](c2c3ccc(Cl)cc3n3sc4ccccc4c23)C1. The van der Waals surface area contributed by atoms with Crippen LogP contribution in [0.15, 0.2) is 42.5 Å². The second-order valence-electron chi connectivity index (χ2n) is 6.55. The molecule has 2 aromatic heterocycles. The predicted octanol–water partition coefficient (Wildman–Crippen LogP) is 5.38. The van der Waals surface area contributed by atoms with Gasteiger partial charge in [-0.3, -0.25) is 3.79 Å². The quantitative estimate of drug-likeness (QED) is 0.451. The summed E-state index contributed by atoms with van der Waals surface area (Å²) in [5.74, 6) is 0.603. The van der Waals surface area contributed by atoms with Gasteiger partial charge < -0.3 is 4.90 Å². The second kappa shape index (κ2) is 4.97. The molecule has 1 aliphatic heterocycles. The van der Waals surface area contributed by atoms with Gasteiger partial charge in [-0.25, -0.2) is 0 Å². The average molecular weight is 341 g/mol. The molecule has 0 amide bonds. The van der Waals surface area contributed by atoms with Crippen LogP contribution in [-0.2, 0) is 0 Å². The summed E-state index contributed by atoms with van der Waals surface area (Å²) in [6, 6.07) is 15.1. The summed E-state index contributed by atoms with van der Waals surface area (Å²) in [6.45, 7) is 2.32. The van der Waals surface area contributed by atoms with Gasteiger partial charge in [0.15, 0.2) is 0 Å². The van der Waals surface area contributed by atoms with Crippen LogP contribution in [0.25, 0.3) is 26.5 Å². The van der Waals surface area contributed by atoms with Crippen LogP contribution in [0, 0.1) is 0 Å². The zero-order chi connectivity index (χ0) is 15.6. The molecule has 0 spiro atoms. The van der Waals surface area contributed by atoms with E-state index in [0.717, 1.165) is 11.6 Å². The molecule has 1 aliphatic rings. The molecular weight excluding hydrogens is 324 g/mol. The molecule has 116 valence electrons. The van der Waals surface area contributed by atoms with E-state index in [1.54, 1.807) is 0 Å². The molecule has 0 radical (unpaired) electrons. The van der Waals surface area contributed by atoms with Crippen LogP contribution in [0.4, 0.5) is 0 Å². The van der Waals surface area contributed by atoms with Crippen molar-refractivity contribution in [2.75, 3.05) is 20.1 Å². The number of hydrogen-bond acceptors (Lipinski definition) is 2. The van der Waals surface area contributed by atoms with Gasteiger partial charge in [0, 0.05) is 28.3 Å². The highest BCUT2D eigenvalue weighted by Crippen LogP contribution is 2.43. The highest BCUT2D eigenvalue weighted by molar-refractivity contribution is 7.14. The second-order valence-corrected chi connectivity index (χ2v) is 7.98. The van der Waals surface area contributed by atoms with Gasteiger partial charge in [-0.1, -0.05) is 47.4 Å². The van der Waals surface area contributed by atoms with Gasteiger partial charge in [0.1, 0.15) is 0 Å². The standard InChI is InChI=1S/C19H17ClN2S/c1-21-9-8-12(11-21)18-14-7-6-13(20)10-16(14)22-19(18)15-4-2-3-5-17(15)23-22/h2-7,10,12H,8-9,11H2,1H3/t12-/m1/s1. The monoisotopic (exact) mass is 340 g/mol. The first-order valence-corrected chi connectivity index (χ1v) is 9.17. The molecule has 2 nitrogen and oxygen atoms in total. The average Bonchev–Trinajstić information content (AvgIpc) is 3.20. The third kappa shape index (κ3) is 1.97. The molecule has 0 bridgehead atoms. The van der Waals surface area contributed by atoms with Gasteiger partial charge in [0.25, 0.3) is 0 Å². The van der Waals surface area contributed by atoms with E-state index in [0.29, 0.717) is 5.92 Å². The molecular formula is C19H17ClN2S. The Kier molecular flexibility index (Phi) is 2.99. The van der Waals surface area contributed by atoms with Crippen LogP contribution in [0.2, 0.25) is 5.02 Å². The lowest BCUT2D eigenvalue weighted by Gasteiger charge is -2.10. The lowest BCUT2D eigenvalue weighted by molar-refractivity contribution is 0.412. The van der Waals surface area contributed by atoms with E-state index in [1.807, 2.05) is 17.6 Å². The number of benzene rings is 2. The zero-order valence-corrected chi connectivity index (χ0v) is 14.5. The fraction of sp³-hybridized carbons (Fsp3) is 0.263. The van der Waals surface area contributed by atoms with E-state index in [1.165, 1.54) is 45.0 Å². The van der Waals surface area contributed by atoms with Crippen molar-refractivity contribution in [1.82, 2.24) is 8.69 Å². The van der Waals surface area contributed by atoms with Crippen molar-refractivity contribution in [3.05, 3.63) is 53.1 Å². The summed E-state index contributed by atoms with van der Waals surface area (Å²) in [7, 11) is 2.22. The topological polar surface area (TPSA) is 7.65 Å². The van der Waals surface area contributed by atoms with Crippen LogP contribution in [-0.4, -0.2) is 28.8 Å². The van der Waals surface area contributed by atoms with Gasteiger partial charge in [-0.2, -0.15) is 0 Å². The normalized spacial score (nSPS) is 19.5. The molecule has 0 aliphatic carbocycles. The highest BCUT2D eigenvalue weighted by atomic mass is 35.5. The first-order valence-electron chi connectivity index (χ1n) is 8.02. The number of aromatic nitrogens is 1. The number of nitrogens with zero attached hydrogens (tertiary/aromatic N) is 2. The van der Waals surface area contributed by atoms with Gasteiger partial charge >= 0.3 is 0 Å². The predicted molar refractivity (Wildman–Crippen MR) is 100 cm³/mol. The van der Waals surface area contributed by atoms with Crippen molar-refractivity contribution >= 4 is 49.6 Å². The number of halogens is 1. The van der Waals surface area contributed by atoms with Crippen molar-refractivity contribution in [3.8, 4) is 0 Å². The van der Waals surface area contributed by atoms with Crippen LogP contribution in [0.1, 0.15) is 17.9 Å². The maximum atomic E-state index is 6.29. The Labute approximate surface area is 144 Å². The van der Waals surface area contributed by atoms with Gasteiger partial charge in [0.2, 0.25) is 0 Å². The van der Waals surface area contributed by atoms with Crippen molar-refractivity contribution in [1.29, 1.82) is 0 Å². The Hall–Kier alpha value is -1.55. The number of likely N-dealkylation sites (tertiary alicyclic amines) is 1. The smallest absolute Gasteiger partial charge is 0.0695 e. The summed E-state index contributed by atoms with van der Waals surface area (Å²) < 4.78 is 3.73. The number of hydrogen-bond donors (Lipinski definition) is 0. The molecule has 4 aromatic rings. The van der Waals surface area contributed by atoms with E-state index < -0.39 is 0 Å². The van der Waals surface area contributed by atoms with Gasteiger partial charge in [-0.15, -0.1) is 0 Å². The molecule has 1 atom stereocenters. The minimum Gasteiger partial charge on any atom is -0.306 e. The van der Waals surface area contributed by atoms with Crippen LogP contribution in [0.3, 0.4) is 0 Å². The Bertz CT molecular complexity index is 1050. The summed E-state index contributed by atoms with van der Waals surface area (Å²) in [5, 5.41) is 3.55. The Morgan fingerprint density at radius 1 is 1.13 bits per heavy atom. The third-order valence-electron chi connectivity index (χ3n) is 5.06. The molecule has 1 saturated heterocycles. The van der Waals surface area contributed by atoms with E-state index in [2.05, 4.69) is 52.1 Å². The van der Waals surface area contributed by atoms with Crippen LogP contribution in [0.5, 0.6) is 0 Å². The molecule has 0 unspecified atom stereocenters. The number of rotatable bonds is 1. The Balaban J connectivity index is 1.94. The Morgan fingerprint density at radius 3 is 2.83 bits per heavy atom. The molecule has 5 rings (SSSR count). The minimum absolute atomic E-state index is 0.603. The third-order valence-corrected chi connectivity index (χ3v) is 6.41. The fourth-order valence-electron chi connectivity index (χ4n) is 4.03. The van der Waals surface area contributed by atoms with Gasteiger partial charge in [-0.05, 0) is 43.8 Å². The zero-order valence-electron chi connectivity index (χ0n) is 12.9. The minimum atomic E-state index is 0.603. The largest absolute Gasteiger partial charge is 0.306 e. The van der Waals surface area contributed by atoms with E-state index in [4.69, 9.17) is 11.6 Å². The van der Waals surface area contributed by atoms with Gasteiger partial charge in [0.05, 0.1) is 15.7 Å². The lowest BCUT2D eigenvalue weighted by Crippen LogP contribution is -2.13.